The summed E-state index contributed by atoms with van der Waals surface area (Å²) in [5.41, 5.74) is 3.97. The predicted octanol–water partition coefficient (Wildman–Crippen LogP) is 4.40. The van der Waals surface area contributed by atoms with Gasteiger partial charge in [0.2, 0.25) is 5.89 Å². The third kappa shape index (κ3) is 4.40. The van der Waals surface area contributed by atoms with E-state index in [9.17, 15) is 0 Å². The zero-order valence-corrected chi connectivity index (χ0v) is 14.8. The van der Waals surface area contributed by atoms with Crippen LogP contribution in [0.2, 0.25) is 0 Å². The van der Waals surface area contributed by atoms with E-state index in [0.717, 1.165) is 11.3 Å². The SMILES string of the molecule is Cc1ccc(-c2nnc(SCCOc3ccc(C#N)cc3)o2)cc1C. The van der Waals surface area contributed by atoms with Crippen molar-refractivity contribution in [3.63, 3.8) is 0 Å². The van der Waals surface area contributed by atoms with Gasteiger partial charge < -0.3 is 9.15 Å². The number of aryl methyl sites for hydroxylation is 2. The highest BCUT2D eigenvalue weighted by molar-refractivity contribution is 7.99. The molecule has 25 heavy (non-hydrogen) atoms. The monoisotopic (exact) mass is 351 g/mol. The van der Waals surface area contributed by atoms with Crippen molar-refractivity contribution in [2.45, 2.75) is 19.1 Å². The first-order valence-electron chi connectivity index (χ1n) is 7.82. The van der Waals surface area contributed by atoms with Crippen molar-refractivity contribution < 1.29 is 9.15 Å². The van der Waals surface area contributed by atoms with Crippen LogP contribution < -0.4 is 4.74 Å². The van der Waals surface area contributed by atoms with Gasteiger partial charge in [0.1, 0.15) is 5.75 Å². The van der Waals surface area contributed by atoms with Gasteiger partial charge in [0.15, 0.2) is 0 Å². The summed E-state index contributed by atoms with van der Waals surface area (Å²) in [6.45, 7) is 4.64. The van der Waals surface area contributed by atoms with Crippen LogP contribution in [0, 0.1) is 25.2 Å². The second kappa shape index (κ2) is 7.86. The van der Waals surface area contributed by atoms with E-state index >= 15 is 0 Å². The van der Waals surface area contributed by atoms with E-state index in [0.29, 0.717) is 29.0 Å². The Morgan fingerprint density at radius 2 is 1.88 bits per heavy atom. The summed E-state index contributed by atoms with van der Waals surface area (Å²) in [5.74, 6) is 1.95. The molecule has 0 spiro atoms. The molecule has 0 aliphatic heterocycles. The summed E-state index contributed by atoms with van der Waals surface area (Å²) in [7, 11) is 0. The highest BCUT2D eigenvalue weighted by Gasteiger charge is 2.09. The Kier molecular flexibility index (Phi) is 5.36. The Hall–Kier alpha value is -2.78. The van der Waals surface area contributed by atoms with Crippen LogP contribution in [-0.4, -0.2) is 22.6 Å². The Balaban J connectivity index is 1.51. The summed E-state index contributed by atoms with van der Waals surface area (Å²) in [4.78, 5) is 0. The van der Waals surface area contributed by atoms with E-state index in [4.69, 9.17) is 14.4 Å². The molecule has 0 N–H and O–H groups in total. The lowest BCUT2D eigenvalue weighted by atomic mass is 10.1. The van der Waals surface area contributed by atoms with Crippen LogP contribution in [-0.2, 0) is 0 Å². The van der Waals surface area contributed by atoms with Gasteiger partial charge in [0.25, 0.3) is 5.22 Å². The molecule has 0 saturated heterocycles. The molecule has 2 aromatic carbocycles. The van der Waals surface area contributed by atoms with Crippen LogP contribution >= 0.6 is 11.8 Å². The second-order valence-electron chi connectivity index (χ2n) is 5.51. The molecule has 1 heterocycles. The molecule has 5 nitrogen and oxygen atoms in total. The van der Waals surface area contributed by atoms with Crippen molar-refractivity contribution in [1.82, 2.24) is 10.2 Å². The minimum Gasteiger partial charge on any atom is -0.493 e. The molecule has 0 radical (unpaired) electrons. The maximum atomic E-state index is 8.76. The molecule has 0 bridgehead atoms. The number of benzene rings is 2. The molecule has 0 aliphatic rings. The first-order valence-corrected chi connectivity index (χ1v) is 8.81. The molecular weight excluding hydrogens is 334 g/mol. The minimum absolute atomic E-state index is 0.512. The molecular formula is C19H17N3O2S. The van der Waals surface area contributed by atoms with E-state index in [1.54, 1.807) is 24.3 Å². The van der Waals surface area contributed by atoms with Gasteiger partial charge >= 0.3 is 0 Å². The number of thioether (sulfide) groups is 1. The van der Waals surface area contributed by atoms with Gasteiger partial charge in [-0.1, -0.05) is 17.8 Å². The molecule has 0 unspecified atom stereocenters. The zero-order valence-electron chi connectivity index (χ0n) is 14.0. The quantitative estimate of drug-likeness (QED) is 0.484. The van der Waals surface area contributed by atoms with Crippen LogP contribution in [0.1, 0.15) is 16.7 Å². The largest absolute Gasteiger partial charge is 0.493 e. The zero-order chi connectivity index (χ0) is 17.6. The molecule has 3 aromatic rings. The van der Waals surface area contributed by atoms with E-state index in [1.807, 2.05) is 18.2 Å². The molecule has 0 saturated carbocycles. The molecule has 1 aromatic heterocycles. The average molecular weight is 351 g/mol. The van der Waals surface area contributed by atoms with Crippen LogP contribution in [0.3, 0.4) is 0 Å². The minimum atomic E-state index is 0.512. The van der Waals surface area contributed by atoms with Crippen molar-refractivity contribution in [2.24, 2.45) is 0 Å². The Morgan fingerprint density at radius 1 is 1.08 bits per heavy atom. The van der Waals surface area contributed by atoms with Crippen LogP contribution in [0.4, 0.5) is 0 Å². The molecule has 0 amide bonds. The number of nitrogens with zero attached hydrogens (tertiary/aromatic N) is 3. The molecule has 6 heteroatoms. The topological polar surface area (TPSA) is 71.9 Å². The molecule has 0 atom stereocenters. The number of nitriles is 1. The fraction of sp³-hybridized carbons (Fsp3) is 0.211. The van der Waals surface area contributed by atoms with E-state index in [1.165, 1.54) is 22.9 Å². The summed E-state index contributed by atoms with van der Waals surface area (Å²) >= 11 is 1.45. The molecule has 0 fully saturated rings. The highest BCUT2D eigenvalue weighted by Crippen LogP contribution is 2.24. The summed E-state index contributed by atoms with van der Waals surface area (Å²) in [6.07, 6.45) is 0. The van der Waals surface area contributed by atoms with E-state index in [-0.39, 0.29) is 0 Å². The van der Waals surface area contributed by atoms with Crippen molar-refractivity contribution in [2.75, 3.05) is 12.4 Å². The summed E-state index contributed by atoms with van der Waals surface area (Å²) < 4.78 is 11.3. The smallest absolute Gasteiger partial charge is 0.276 e. The summed E-state index contributed by atoms with van der Waals surface area (Å²) in [5, 5.41) is 17.5. The number of aromatic nitrogens is 2. The highest BCUT2D eigenvalue weighted by atomic mass is 32.2. The van der Waals surface area contributed by atoms with Gasteiger partial charge in [-0.3, -0.25) is 0 Å². The number of rotatable bonds is 6. The van der Waals surface area contributed by atoms with E-state index < -0.39 is 0 Å². The van der Waals surface area contributed by atoms with Gasteiger partial charge in [0, 0.05) is 11.3 Å². The molecule has 3 rings (SSSR count). The van der Waals surface area contributed by atoms with Crippen molar-refractivity contribution in [1.29, 1.82) is 5.26 Å². The van der Waals surface area contributed by atoms with Gasteiger partial charge in [-0.2, -0.15) is 5.26 Å². The standard InChI is InChI=1S/C19H17N3O2S/c1-13-3-6-16(11-14(13)2)18-21-22-19(24-18)25-10-9-23-17-7-4-15(12-20)5-8-17/h3-8,11H,9-10H2,1-2H3. The van der Waals surface area contributed by atoms with Crippen LogP contribution in [0.15, 0.2) is 52.1 Å². The Morgan fingerprint density at radius 3 is 2.60 bits per heavy atom. The lowest BCUT2D eigenvalue weighted by Gasteiger charge is -2.04. The maximum Gasteiger partial charge on any atom is 0.276 e. The van der Waals surface area contributed by atoms with Gasteiger partial charge in [-0.05, 0) is 61.4 Å². The lowest BCUT2D eigenvalue weighted by Crippen LogP contribution is -1.99. The lowest BCUT2D eigenvalue weighted by molar-refractivity contribution is 0.343. The van der Waals surface area contributed by atoms with Gasteiger partial charge in [-0.25, -0.2) is 0 Å². The number of ether oxygens (including phenoxy) is 1. The third-order valence-electron chi connectivity index (χ3n) is 3.72. The van der Waals surface area contributed by atoms with Crippen LogP contribution in [0.25, 0.3) is 11.5 Å². The first kappa shape index (κ1) is 17.1. The van der Waals surface area contributed by atoms with Gasteiger partial charge in [0.05, 0.1) is 18.2 Å². The van der Waals surface area contributed by atoms with Crippen molar-refractivity contribution >= 4 is 11.8 Å². The molecule has 126 valence electrons. The Labute approximate surface area is 150 Å². The number of hydrogen-bond donors (Lipinski definition) is 0. The van der Waals surface area contributed by atoms with Crippen molar-refractivity contribution in [3.8, 4) is 23.3 Å². The van der Waals surface area contributed by atoms with E-state index in [2.05, 4.69) is 30.1 Å². The average Bonchev–Trinajstić information content (AvgIpc) is 3.10. The summed E-state index contributed by atoms with van der Waals surface area (Å²) in [6, 6.07) is 15.2. The maximum absolute atomic E-state index is 8.76. The van der Waals surface area contributed by atoms with Crippen LogP contribution in [0.5, 0.6) is 5.75 Å². The molecule has 0 aliphatic carbocycles. The van der Waals surface area contributed by atoms with Gasteiger partial charge in [-0.15, -0.1) is 10.2 Å². The van der Waals surface area contributed by atoms with Crippen molar-refractivity contribution in [3.05, 3.63) is 59.2 Å². The number of hydrogen-bond acceptors (Lipinski definition) is 6. The fourth-order valence-electron chi connectivity index (χ4n) is 2.17. The third-order valence-corrected chi connectivity index (χ3v) is 4.50. The second-order valence-corrected chi connectivity index (χ2v) is 6.55. The Bertz CT molecular complexity index is 898. The fourth-order valence-corrected chi connectivity index (χ4v) is 2.75. The normalized spacial score (nSPS) is 10.4. The first-order chi connectivity index (χ1) is 12.2. The predicted molar refractivity (Wildman–Crippen MR) is 96.6 cm³/mol.